The lowest BCUT2D eigenvalue weighted by Crippen LogP contribution is -2.43. The Morgan fingerprint density at radius 1 is 1.15 bits per heavy atom. The fourth-order valence-corrected chi connectivity index (χ4v) is 3.47. The maximum absolute atomic E-state index is 5.90. The molecule has 1 aliphatic rings. The standard InChI is InChI=1S/C23H26N2O.ClH/c1-4-12-20(5-2)26-17-21-24-22(18-13-8-6-9-14-18)23(3,25-21)19-15-10-7-11-16-19;/h2,6-11,13-16,20,22H,4,12,17H2,1,3H3,(H,24,25);1H. The summed E-state index contributed by atoms with van der Waals surface area (Å²) in [5.74, 6) is 3.57. The fraction of sp³-hybridized carbons (Fsp3) is 0.348. The highest BCUT2D eigenvalue weighted by molar-refractivity contribution is 5.87. The van der Waals surface area contributed by atoms with Crippen molar-refractivity contribution in [1.82, 2.24) is 5.32 Å². The maximum Gasteiger partial charge on any atom is 0.124 e. The van der Waals surface area contributed by atoms with Gasteiger partial charge < -0.3 is 10.1 Å². The number of nitrogens with zero attached hydrogens (tertiary/aromatic N) is 1. The first-order valence-electron chi connectivity index (χ1n) is 9.20. The minimum atomic E-state index is -0.322. The molecule has 0 bridgehead atoms. The Morgan fingerprint density at radius 3 is 2.37 bits per heavy atom. The van der Waals surface area contributed by atoms with Gasteiger partial charge >= 0.3 is 0 Å². The van der Waals surface area contributed by atoms with Gasteiger partial charge in [-0.2, -0.15) is 0 Å². The van der Waals surface area contributed by atoms with Gasteiger partial charge in [-0.1, -0.05) is 79.9 Å². The minimum absolute atomic E-state index is 0. The summed E-state index contributed by atoms with van der Waals surface area (Å²) in [7, 11) is 0. The maximum atomic E-state index is 5.90. The van der Waals surface area contributed by atoms with E-state index in [0.717, 1.165) is 18.7 Å². The zero-order valence-electron chi connectivity index (χ0n) is 15.9. The molecule has 1 aliphatic heterocycles. The summed E-state index contributed by atoms with van der Waals surface area (Å²) in [5, 5.41) is 3.61. The van der Waals surface area contributed by atoms with Crippen LogP contribution < -0.4 is 5.32 Å². The number of hydrogen-bond donors (Lipinski definition) is 1. The van der Waals surface area contributed by atoms with E-state index < -0.39 is 0 Å². The number of aliphatic imine (C=N–C) groups is 1. The molecule has 0 aromatic heterocycles. The Kier molecular flexibility index (Phi) is 7.47. The van der Waals surface area contributed by atoms with E-state index in [9.17, 15) is 0 Å². The summed E-state index contributed by atoms with van der Waals surface area (Å²) in [5.41, 5.74) is 2.07. The van der Waals surface area contributed by atoms with Gasteiger partial charge in [0.2, 0.25) is 0 Å². The molecule has 0 aliphatic carbocycles. The molecule has 0 amide bonds. The van der Waals surface area contributed by atoms with E-state index >= 15 is 0 Å². The number of ether oxygens (including phenoxy) is 1. The number of rotatable bonds is 7. The highest BCUT2D eigenvalue weighted by Gasteiger charge is 2.42. The highest BCUT2D eigenvalue weighted by Crippen LogP contribution is 2.41. The number of benzene rings is 2. The molecule has 1 N–H and O–H groups in total. The second kappa shape index (κ2) is 9.60. The van der Waals surface area contributed by atoms with Crippen molar-refractivity contribution in [3.05, 3.63) is 71.8 Å². The van der Waals surface area contributed by atoms with Crippen LogP contribution in [0.3, 0.4) is 0 Å². The van der Waals surface area contributed by atoms with Crippen LogP contribution in [-0.2, 0) is 10.3 Å². The van der Waals surface area contributed by atoms with Crippen molar-refractivity contribution in [1.29, 1.82) is 0 Å². The molecule has 1 heterocycles. The fourth-order valence-electron chi connectivity index (χ4n) is 3.47. The topological polar surface area (TPSA) is 33.6 Å². The van der Waals surface area contributed by atoms with Crippen LogP contribution in [0.4, 0.5) is 0 Å². The smallest absolute Gasteiger partial charge is 0.124 e. The number of nitrogens with one attached hydrogen (secondary N) is 1. The van der Waals surface area contributed by atoms with E-state index in [4.69, 9.17) is 16.2 Å². The lowest BCUT2D eigenvalue weighted by molar-refractivity contribution is 0.115. The van der Waals surface area contributed by atoms with Gasteiger partial charge in [-0.15, -0.1) is 18.8 Å². The largest absolute Gasteiger partial charge is 0.360 e. The van der Waals surface area contributed by atoms with Gasteiger partial charge in [0.1, 0.15) is 24.6 Å². The summed E-state index contributed by atoms with van der Waals surface area (Å²) < 4.78 is 5.90. The van der Waals surface area contributed by atoms with E-state index in [1.807, 2.05) is 12.1 Å². The molecule has 0 spiro atoms. The molecule has 142 valence electrons. The number of halogens is 1. The average molecular weight is 383 g/mol. The lowest BCUT2D eigenvalue weighted by atomic mass is 9.82. The quantitative estimate of drug-likeness (QED) is 0.692. The Bertz CT molecular complexity index is 785. The van der Waals surface area contributed by atoms with Crippen LogP contribution in [0.5, 0.6) is 0 Å². The predicted molar refractivity (Wildman–Crippen MR) is 114 cm³/mol. The summed E-state index contributed by atoms with van der Waals surface area (Å²) in [4.78, 5) is 4.97. The predicted octanol–water partition coefficient (Wildman–Crippen LogP) is 4.89. The van der Waals surface area contributed by atoms with Gasteiger partial charge in [0, 0.05) is 0 Å². The molecule has 3 atom stereocenters. The molecular formula is C23H27ClN2O. The van der Waals surface area contributed by atoms with E-state index in [-0.39, 0.29) is 30.1 Å². The lowest BCUT2D eigenvalue weighted by Gasteiger charge is -2.32. The summed E-state index contributed by atoms with van der Waals surface area (Å²) in [6, 6.07) is 20.8. The summed E-state index contributed by atoms with van der Waals surface area (Å²) in [6.45, 7) is 4.71. The first-order chi connectivity index (χ1) is 12.7. The SMILES string of the molecule is C#CC(CCC)OCC1=NC(c2ccccc2)C(C)(c2ccccc2)N1.Cl. The normalized spacial score (nSPS) is 22.1. The molecule has 27 heavy (non-hydrogen) atoms. The Balaban J connectivity index is 0.00000261. The number of hydrogen-bond acceptors (Lipinski definition) is 3. The van der Waals surface area contributed by atoms with Gasteiger partial charge in [-0.05, 0) is 24.5 Å². The molecule has 3 unspecified atom stereocenters. The zero-order chi connectivity index (χ0) is 18.4. The third kappa shape index (κ3) is 4.71. The van der Waals surface area contributed by atoms with Crippen LogP contribution in [0.2, 0.25) is 0 Å². The highest BCUT2D eigenvalue weighted by atomic mass is 35.5. The molecule has 2 aromatic carbocycles. The van der Waals surface area contributed by atoms with Gasteiger partial charge in [0.15, 0.2) is 0 Å². The molecule has 0 saturated heterocycles. The van der Waals surface area contributed by atoms with Gasteiger partial charge in [-0.3, -0.25) is 4.99 Å². The van der Waals surface area contributed by atoms with Crippen molar-refractivity contribution in [3.63, 3.8) is 0 Å². The molecule has 3 rings (SSSR count). The van der Waals surface area contributed by atoms with Gasteiger partial charge in [0.25, 0.3) is 0 Å². The second-order valence-electron chi connectivity index (χ2n) is 6.84. The molecule has 0 radical (unpaired) electrons. The van der Waals surface area contributed by atoms with Gasteiger partial charge in [0.05, 0.1) is 5.54 Å². The summed E-state index contributed by atoms with van der Waals surface area (Å²) in [6.07, 6.45) is 7.27. The van der Waals surface area contributed by atoms with E-state index in [1.54, 1.807) is 0 Å². The monoisotopic (exact) mass is 382 g/mol. The molecular weight excluding hydrogens is 356 g/mol. The first kappa shape index (κ1) is 21.0. The number of amidine groups is 1. The van der Waals surface area contributed by atoms with Crippen molar-refractivity contribution < 1.29 is 4.74 Å². The first-order valence-corrected chi connectivity index (χ1v) is 9.20. The van der Waals surface area contributed by atoms with E-state index in [2.05, 4.69) is 73.6 Å². The third-order valence-electron chi connectivity index (χ3n) is 4.88. The Hall–Kier alpha value is -2.28. The van der Waals surface area contributed by atoms with Crippen molar-refractivity contribution in [2.45, 2.75) is 44.4 Å². The van der Waals surface area contributed by atoms with Crippen molar-refractivity contribution in [2.24, 2.45) is 4.99 Å². The molecule has 0 saturated carbocycles. The average Bonchev–Trinajstić information content (AvgIpc) is 3.04. The van der Waals surface area contributed by atoms with Crippen LogP contribution in [-0.4, -0.2) is 18.5 Å². The second-order valence-corrected chi connectivity index (χ2v) is 6.84. The third-order valence-corrected chi connectivity index (χ3v) is 4.88. The molecule has 3 nitrogen and oxygen atoms in total. The van der Waals surface area contributed by atoms with Crippen molar-refractivity contribution in [3.8, 4) is 12.3 Å². The molecule has 2 aromatic rings. The van der Waals surface area contributed by atoms with E-state index in [1.165, 1.54) is 11.1 Å². The molecule has 4 heteroatoms. The van der Waals surface area contributed by atoms with Crippen LogP contribution in [0, 0.1) is 12.3 Å². The van der Waals surface area contributed by atoms with E-state index in [0.29, 0.717) is 6.61 Å². The van der Waals surface area contributed by atoms with Crippen molar-refractivity contribution >= 4 is 18.2 Å². The van der Waals surface area contributed by atoms with Crippen LogP contribution in [0.15, 0.2) is 65.7 Å². The zero-order valence-corrected chi connectivity index (χ0v) is 16.7. The van der Waals surface area contributed by atoms with Crippen LogP contribution >= 0.6 is 12.4 Å². The van der Waals surface area contributed by atoms with Crippen LogP contribution in [0.25, 0.3) is 0 Å². The Morgan fingerprint density at radius 2 is 1.78 bits per heavy atom. The van der Waals surface area contributed by atoms with Crippen molar-refractivity contribution in [2.75, 3.05) is 6.61 Å². The summed E-state index contributed by atoms with van der Waals surface area (Å²) >= 11 is 0. The Labute approximate surface area is 168 Å². The minimum Gasteiger partial charge on any atom is -0.360 e. The number of terminal acetylenes is 1. The molecule has 0 fully saturated rings. The van der Waals surface area contributed by atoms with Crippen LogP contribution in [0.1, 0.15) is 43.9 Å². The van der Waals surface area contributed by atoms with Gasteiger partial charge in [-0.25, -0.2) is 0 Å².